The number of unbranched alkanes of at least 4 members (excludes halogenated alkanes) is 11. The molecule has 0 unspecified atom stereocenters. The fourth-order valence-electron chi connectivity index (χ4n) is 4.17. The van der Waals surface area contributed by atoms with E-state index in [1.807, 2.05) is 0 Å². The molecule has 0 aliphatic carbocycles. The summed E-state index contributed by atoms with van der Waals surface area (Å²) in [5.74, 6) is -2.80. The van der Waals surface area contributed by atoms with Crippen LogP contribution in [0.1, 0.15) is 110 Å². The summed E-state index contributed by atoms with van der Waals surface area (Å²) in [7, 11) is 0. The first-order valence-electron chi connectivity index (χ1n) is 13.0. The second kappa shape index (κ2) is 20.7. The summed E-state index contributed by atoms with van der Waals surface area (Å²) in [4.78, 5) is 33.3. The largest absolute Gasteiger partial charge is 0.481 e. The molecule has 0 fully saturated rings. The van der Waals surface area contributed by atoms with Crippen LogP contribution >= 0.6 is 0 Å². The van der Waals surface area contributed by atoms with Gasteiger partial charge in [-0.25, -0.2) is 0 Å². The fraction of sp³-hybridized carbons (Fsp3) is 0.808. The molecule has 0 spiro atoms. The second-order valence-electron chi connectivity index (χ2n) is 9.25. The minimum absolute atomic E-state index is 0.0756. The van der Waals surface area contributed by atoms with Crippen LogP contribution in [0.15, 0.2) is 12.2 Å². The van der Waals surface area contributed by atoms with Crippen LogP contribution in [0.4, 0.5) is 0 Å². The van der Waals surface area contributed by atoms with Crippen LogP contribution in [0.5, 0.6) is 0 Å². The number of allylic oxidation sites excluding steroid dienone is 2. The predicted octanol–water partition coefficient (Wildman–Crippen LogP) is 5.87. The van der Waals surface area contributed by atoms with E-state index in [1.165, 1.54) is 64.2 Å². The van der Waals surface area contributed by atoms with Crippen molar-refractivity contribution in [2.45, 2.75) is 110 Å². The van der Waals surface area contributed by atoms with E-state index in [0.717, 1.165) is 19.3 Å². The minimum atomic E-state index is -0.935. The van der Waals surface area contributed by atoms with E-state index in [-0.39, 0.29) is 43.4 Å². The average Bonchev–Trinajstić information content (AvgIpc) is 2.76. The highest BCUT2D eigenvalue weighted by molar-refractivity contribution is 5.67. The van der Waals surface area contributed by atoms with Gasteiger partial charge in [-0.1, -0.05) is 70.4 Å². The summed E-state index contributed by atoms with van der Waals surface area (Å²) >= 11 is 0. The Labute approximate surface area is 200 Å². The molecular formula is C26H48NO6+. The Morgan fingerprint density at radius 1 is 0.545 bits per heavy atom. The van der Waals surface area contributed by atoms with Crippen LogP contribution < -0.4 is 0 Å². The summed E-state index contributed by atoms with van der Waals surface area (Å²) in [6, 6.07) is 0. The van der Waals surface area contributed by atoms with E-state index < -0.39 is 17.9 Å². The normalized spacial score (nSPS) is 11.8. The Morgan fingerprint density at radius 2 is 0.909 bits per heavy atom. The van der Waals surface area contributed by atoms with Gasteiger partial charge in [0.25, 0.3) is 0 Å². The molecule has 0 saturated heterocycles. The summed E-state index contributed by atoms with van der Waals surface area (Å²) in [5, 5.41) is 27.3. The Bertz CT molecular complexity index is 515. The monoisotopic (exact) mass is 470 g/mol. The zero-order valence-electron chi connectivity index (χ0n) is 20.8. The number of nitrogens with zero attached hydrogens (tertiary/aromatic N) is 1. The van der Waals surface area contributed by atoms with Crippen LogP contribution in [-0.2, 0) is 14.4 Å². The van der Waals surface area contributed by atoms with Crippen molar-refractivity contribution in [1.29, 1.82) is 0 Å². The highest BCUT2D eigenvalue weighted by atomic mass is 16.4. The van der Waals surface area contributed by atoms with Crippen molar-refractivity contribution in [3.8, 4) is 0 Å². The highest BCUT2D eigenvalue weighted by Crippen LogP contribution is 2.17. The van der Waals surface area contributed by atoms with Crippen LogP contribution in [0.3, 0.4) is 0 Å². The van der Waals surface area contributed by atoms with Gasteiger partial charge in [-0.2, -0.15) is 0 Å². The van der Waals surface area contributed by atoms with Crippen LogP contribution in [0.25, 0.3) is 0 Å². The van der Waals surface area contributed by atoms with Crippen molar-refractivity contribution in [3.63, 3.8) is 0 Å². The van der Waals surface area contributed by atoms with Crippen molar-refractivity contribution in [1.82, 2.24) is 0 Å². The van der Waals surface area contributed by atoms with Crippen molar-refractivity contribution < 1.29 is 34.2 Å². The molecular weight excluding hydrogens is 422 g/mol. The number of carbonyl (C=O) groups is 3. The Balaban J connectivity index is 4.15. The van der Waals surface area contributed by atoms with Gasteiger partial charge in [0.15, 0.2) is 0 Å². The van der Waals surface area contributed by atoms with E-state index in [9.17, 15) is 14.4 Å². The second-order valence-corrected chi connectivity index (χ2v) is 9.25. The molecule has 0 aliphatic rings. The zero-order chi connectivity index (χ0) is 24.8. The van der Waals surface area contributed by atoms with Crippen molar-refractivity contribution in [2.75, 3.05) is 26.2 Å². The van der Waals surface area contributed by atoms with Gasteiger partial charge in [-0.15, -0.1) is 0 Å². The third-order valence-electron chi connectivity index (χ3n) is 6.29. The molecule has 0 aromatic heterocycles. The average molecular weight is 471 g/mol. The number of aliphatic carboxylic acids is 3. The first-order valence-corrected chi connectivity index (χ1v) is 13.0. The molecule has 0 atom stereocenters. The van der Waals surface area contributed by atoms with Crippen LogP contribution in [-0.4, -0.2) is 63.9 Å². The predicted molar refractivity (Wildman–Crippen MR) is 131 cm³/mol. The Morgan fingerprint density at radius 3 is 1.30 bits per heavy atom. The lowest BCUT2D eigenvalue weighted by atomic mass is 10.1. The van der Waals surface area contributed by atoms with Gasteiger partial charge in [-0.05, 0) is 32.1 Å². The molecule has 0 aliphatic heterocycles. The summed E-state index contributed by atoms with van der Waals surface area (Å²) in [6.07, 6.45) is 19.8. The SMILES string of the molecule is CCCC/C=C/CCCCCCCCCCC[N+](CCC(=O)O)(CCC(=O)O)CCC(=O)O. The quantitative estimate of drug-likeness (QED) is 0.0923. The van der Waals surface area contributed by atoms with E-state index in [1.54, 1.807) is 0 Å². The van der Waals surface area contributed by atoms with Gasteiger partial charge in [-0.3, -0.25) is 14.4 Å². The molecule has 0 bridgehead atoms. The Kier molecular flexibility index (Phi) is 19.5. The van der Waals surface area contributed by atoms with Crippen LogP contribution in [0, 0.1) is 0 Å². The molecule has 0 rings (SSSR count). The topological polar surface area (TPSA) is 112 Å². The summed E-state index contributed by atoms with van der Waals surface area (Å²) in [5.41, 5.74) is 0. The van der Waals surface area contributed by atoms with E-state index in [0.29, 0.717) is 6.54 Å². The lowest BCUT2D eigenvalue weighted by Crippen LogP contribution is -2.52. The number of rotatable bonds is 24. The molecule has 0 aromatic rings. The summed E-state index contributed by atoms with van der Waals surface area (Å²) in [6.45, 7) is 3.70. The van der Waals surface area contributed by atoms with E-state index in [2.05, 4.69) is 19.1 Å². The number of quaternary nitrogens is 1. The maximum atomic E-state index is 11.1. The van der Waals surface area contributed by atoms with Crippen molar-refractivity contribution in [2.24, 2.45) is 0 Å². The van der Waals surface area contributed by atoms with E-state index in [4.69, 9.17) is 15.3 Å². The summed E-state index contributed by atoms with van der Waals surface area (Å²) < 4.78 is 0.262. The minimum Gasteiger partial charge on any atom is -0.481 e. The van der Waals surface area contributed by atoms with Gasteiger partial charge in [0.2, 0.25) is 0 Å². The molecule has 0 radical (unpaired) electrons. The maximum absolute atomic E-state index is 11.1. The van der Waals surface area contributed by atoms with Crippen molar-refractivity contribution >= 4 is 17.9 Å². The highest BCUT2D eigenvalue weighted by Gasteiger charge is 2.29. The fourth-order valence-corrected chi connectivity index (χ4v) is 4.17. The van der Waals surface area contributed by atoms with E-state index >= 15 is 0 Å². The Hall–Kier alpha value is -1.89. The standard InChI is InChI=1S/C26H47NO6/c1-2-3-4-5-6-7-8-9-10-11-12-13-14-15-16-20-27(21-17-24(28)29,22-18-25(30)31)23-19-26(32)33/h5-6H,2-4,7-23H2,1H3,(H2-,28,29,30,31,32,33)/p+1/b6-5+. The molecule has 3 N–H and O–H groups in total. The first kappa shape index (κ1) is 31.1. The number of hydrogen-bond donors (Lipinski definition) is 3. The maximum Gasteiger partial charge on any atom is 0.309 e. The van der Waals surface area contributed by atoms with Gasteiger partial charge in [0, 0.05) is 0 Å². The van der Waals surface area contributed by atoms with Gasteiger partial charge in [0.1, 0.15) is 0 Å². The third kappa shape index (κ3) is 20.4. The first-order chi connectivity index (χ1) is 15.8. The third-order valence-corrected chi connectivity index (χ3v) is 6.29. The van der Waals surface area contributed by atoms with Gasteiger partial charge in [0.05, 0.1) is 45.4 Å². The zero-order valence-corrected chi connectivity index (χ0v) is 20.8. The number of hydrogen-bond acceptors (Lipinski definition) is 3. The van der Waals surface area contributed by atoms with Crippen molar-refractivity contribution in [3.05, 3.63) is 12.2 Å². The molecule has 0 amide bonds. The molecule has 33 heavy (non-hydrogen) atoms. The van der Waals surface area contributed by atoms with Gasteiger partial charge >= 0.3 is 17.9 Å². The number of carboxylic acids is 3. The molecule has 0 saturated carbocycles. The van der Waals surface area contributed by atoms with Gasteiger partial charge < -0.3 is 19.8 Å². The molecule has 7 nitrogen and oxygen atoms in total. The van der Waals surface area contributed by atoms with Crippen LogP contribution in [0.2, 0.25) is 0 Å². The molecule has 0 heterocycles. The number of carboxylic acid groups (broad SMARTS) is 3. The molecule has 192 valence electrons. The smallest absolute Gasteiger partial charge is 0.309 e. The lowest BCUT2D eigenvalue weighted by molar-refractivity contribution is -0.927. The lowest BCUT2D eigenvalue weighted by Gasteiger charge is -2.38. The molecule has 7 heteroatoms. The molecule has 0 aromatic carbocycles.